The van der Waals surface area contributed by atoms with Crippen LogP contribution in [0.5, 0.6) is 5.75 Å². The summed E-state index contributed by atoms with van der Waals surface area (Å²) in [5.41, 5.74) is 4.29. The minimum Gasteiger partial charge on any atom is -0.497 e. The van der Waals surface area contributed by atoms with Gasteiger partial charge in [0.1, 0.15) is 5.75 Å². The number of benzene rings is 2. The van der Waals surface area contributed by atoms with Gasteiger partial charge in [0, 0.05) is 44.1 Å². The molecular weight excluding hydrogens is 444 g/mol. The van der Waals surface area contributed by atoms with Crippen molar-refractivity contribution in [1.29, 1.82) is 0 Å². The molecule has 0 saturated carbocycles. The molecule has 2 aromatic rings. The largest absolute Gasteiger partial charge is 0.497 e. The minimum absolute atomic E-state index is 0.269. The Balaban J connectivity index is 1.52. The van der Waals surface area contributed by atoms with Gasteiger partial charge in [0.05, 0.1) is 25.3 Å². The molecule has 2 aliphatic rings. The summed E-state index contributed by atoms with van der Waals surface area (Å²) in [4.78, 5) is 30.2. The number of piperazine rings is 1. The predicted molar refractivity (Wildman–Crippen MR) is 136 cm³/mol. The first kappa shape index (κ1) is 24.6. The van der Waals surface area contributed by atoms with Gasteiger partial charge in [-0.25, -0.2) is 9.59 Å². The van der Waals surface area contributed by atoms with Gasteiger partial charge in [0.15, 0.2) is 0 Å². The van der Waals surface area contributed by atoms with Crippen molar-refractivity contribution in [1.82, 2.24) is 15.5 Å². The van der Waals surface area contributed by atoms with E-state index in [2.05, 4.69) is 39.5 Å². The van der Waals surface area contributed by atoms with E-state index in [-0.39, 0.29) is 12.6 Å². The number of ether oxygens (including phenoxy) is 2. The highest BCUT2D eigenvalue weighted by Gasteiger charge is 2.34. The van der Waals surface area contributed by atoms with Gasteiger partial charge in [-0.15, -0.1) is 0 Å². The van der Waals surface area contributed by atoms with Gasteiger partial charge < -0.3 is 25.0 Å². The van der Waals surface area contributed by atoms with E-state index < -0.39 is 12.0 Å². The number of carbonyl (C=O) groups excluding carboxylic acids is 2. The van der Waals surface area contributed by atoms with E-state index in [1.54, 1.807) is 14.0 Å². The van der Waals surface area contributed by atoms with Crippen LogP contribution >= 0.6 is 0 Å². The van der Waals surface area contributed by atoms with Crippen molar-refractivity contribution in [3.63, 3.8) is 0 Å². The van der Waals surface area contributed by atoms with Crippen molar-refractivity contribution in [3.05, 3.63) is 70.9 Å². The number of urea groups is 1. The highest BCUT2D eigenvalue weighted by molar-refractivity contribution is 5.95. The molecule has 1 atom stereocenters. The van der Waals surface area contributed by atoms with Gasteiger partial charge in [-0.1, -0.05) is 31.2 Å². The number of amides is 2. The Morgan fingerprint density at radius 3 is 2.29 bits per heavy atom. The molecule has 8 heteroatoms. The first-order valence-electron chi connectivity index (χ1n) is 12.2. The van der Waals surface area contributed by atoms with Crippen molar-refractivity contribution in [2.45, 2.75) is 26.3 Å². The van der Waals surface area contributed by atoms with Gasteiger partial charge in [-0.05, 0) is 48.7 Å². The zero-order chi connectivity index (χ0) is 24.8. The summed E-state index contributed by atoms with van der Waals surface area (Å²) in [6, 6.07) is 15.2. The Bertz CT molecular complexity index is 1060. The van der Waals surface area contributed by atoms with Crippen LogP contribution in [0.25, 0.3) is 0 Å². The lowest BCUT2D eigenvalue weighted by Crippen LogP contribution is -2.51. The van der Waals surface area contributed by atoms with Crippen LogP contribution in [-0.2, 0) is 16.0 Å². The maximum Gasteiger partial charge on any atom is 0.338 e. The summed E-state index contributed by atoms with van der Waals surface area (Å²) < 4.78 is 10.7. The minimum atomic E-state index is -0.552. The molecule has 0 radical (unpaired) electrons. The van der Waals surface area contributed by atoms with E-state index >= 15 is 0 Å². The third-order valence-electron chi connectivity index (χ3n) is 6.56. The van der Waals surface area contributed by atoms with Crippen LogP contribution in [0, 0.1) is 0 Å². The summed E-state index contributed by atoms with van der Waals surface area (Å²) in [5, 5.41) is 5.81. The maximum absolute atomic E-state index is 13.0. The van der Waals surface area contributed by atoms with E-state index in [4.69, 9.17) is 9.47 Å². The highest BCUT2D eigenvalue weighted by Crippen LogP contribution is 2.29. The molecule has 2 N–H and O–H groups in total. The molecule has 1 fully saturated rings. The van der Waals surface area contributed by atoms with Crippen LogP contribution in [0.1, 0.15) is 31.0 Å². The Morgan fingerprint density at radius 2 is 1.69 bits per heavy atom. The molecule has 1 saturated heterocycles. The molecule has 2 aromatic carbocycles. The number of hydrogen-bond acceptors (Lipinski definition) is 6. The summed E-state index contributed by atoms with van der Waals surface area (Å²) in [7, 11) is 1.66. The maximum atomic E-state index is 13.0. The monoisotopic (exact) mass is 478 g/mol. The molecule has 186 valence electrons. The number of nitrogens with zero attached hydrogens (tertiary/aromatic N) is 2. The van der Waals surface area contributed by atoms with Crippen molar-refractivity contribution in [2.24, 2.45) is 0 Å². The molecule has 0 bridgehead atoms. The van der Waals surface area contributed by atoms with Crippen LogP contribution in [0.3, 0.4) is 0 Å². The molecule has 2 aliphatic heterocycles. The number of carbonyl (C=O) groups is 2. The van der Waals surface area contributed by atoms with Crippen LogP contribution in [0.2, 0.25) is 0 Å². The smallest absolute Gasteiger partial charge is 0.338 e. The average Bonchev–Trinajstić information content (AvgIpc) is 2.89. The second-order valence-corrected chi connectivity index (χ2v) is 8.70. The fraction of sp³-hybridized carbons (Fsp3) is 0.407. The number of methoxy groups -OCH3 is 1. The SMILES string of the molecule is CCOC(=O)C1=C(CN2CCN(c3ccc(OC)cc3)CC2)NC(=O)NC1c1ccc(CC)cc1. The summed E-state index contributed by atoms with van der Waals surface area (Å²) in [5.74, 6) is 0.433. The first-order valence-corrected chi connectivity index (χ1v) is 12.2. The second kappa shape index (κ2) is 11.3. The number of nitrogens with one attached hydrogen (secondary N) is 2. The van der Waals surface area contributed by atoms with E-state index in [0.29, 0.717) is 17.8 Å². The summed E-state index contributed by atoms with van der Waals surface area (Å²) in [6.45, 7) is 7.95. The average molecular weight is 479 g/mol. The third-order valence-corrected chi connectivity index (χ3v) is 6.56. The molecule has 1 unspecified atom stereocenters. The van der Waals surface area contributed by atoms with Crippen molar-refractivity contribution < 1.29 is 19.1 Å². The zero-order valence-corrected chi connectivity index (χ0v) is 20.7. The normalized spacial score (nSPS) is 18.7. The van der Waals surface area contributed by atoms with Crippen LogP contribution in [-0.4, -0.2) is 63.3 Å². The number of rotatable bonds is 8. The van der Waals surface area contributed by atoms with Crippen LogP contribution in [0.4, 0.5) is 10.5 Å². The topological polar surface area (TPSA) is 83.1 Å². The molecule has 35 heavy (non-hydrogen) atoms. The summed E-state index contributed by atoms with van der Waals surface area (Å²) in [6.07, 6.45) is 0.924. The van der Waals surface area contributed by atoms with E-state index in [1.807, 2.05) is 36.4 Å². The second-order valence-electron chi connectivity index (χ2n) is 8.70. The zero-order valence-electron chi connectivity index (χ0n) is 20.7. The number of aryl methyl sites for hydroxylation is 1. The van der Waals surface area contributed by atoms with Crippen LogP contribution < -0.4 is 20.3 Å². The molecule has 0 aromatic heterocycles. The van der Waals surface area contributed by atoms with Gasteiger partial charge in [-0.2, -0.15) is 0 Å². The highest BCUT2D eigenvalue weighted by atomic mass is 16.5. The molecule has 2 amide bonds. The fourth-order valence-corrected chi connectivity index (χ4v) is 4.57. The molecule has 2 heterocycles. The first-order chi connectivity index (χ1) is 17.0. The standard InChI is InChI=1S/C27H34N4O4/c1-4-19-6-8-20(9-7-19)25-24(26(32)35-5-2)23(28-27(33)29-25)18-30-14-16-31(17-15-30)21-10-12-22(34-3)13-11-21/h6-13,25H,4-5,14-18H2,1-3H3,(H2,28,29,33). The molecule has 0 spiro atoms. The van der Waals surface area contributed by atoms with E-state index in [0.717, 1.165) is 49.6 Å². The van der Waals surface area contributed by atoms with Crippen molar-refractivity contribution >= 4 is 17.7 Å². The number of esters is 1. The molecule has 4 rings (SSSR count). The lowest BCUT2D eigenvalue weighted by atomic mass is 9.94. The lowest BCUT2D eigenvalue weighted by Gasteiger charge is -2.38. The number of hydrogen-bond donors (Lipinski definition) is 2. The molecule has 0 aliphatic carbocycles. The number of anilines is 1. The Kier molecular flexibility index (Phi) is 7.92. The lowest BCUT2D eigenvalue weighted by molar-refractivity contribution is -0.139. The third kappa shape index (κ3) is 5.77. The quantitative estimate of drug-likeness (QED) is 0.567. The van der Waals surface area contributed by atoms with Gasteiger partial charge >= 0.3 is 12.0 Å². The Hall–Kier alpha value is -3.52. The Labute approximate surface area is 206 Å². The van der Waals surface area contributed by atoms with Gasteiger partial charge in [0.25, 0.3) is 0 Å². The summed E-state index contributed by atoms with van der Waals surface area (Å²) >= 11 is 0. The van der Waals surface area contributed by atoms with Crippen molar-refractivity contribution in [3.8, 4) is 5.75 Å². The Morgan fingerprint density at radius 1 is 1.00 bits per heavy atom. The fourth-order valence-electron chi connectivity index (χ4n) is 4.57. The van der Waals surface area contributed by atoms with E-state index in [9.17, 15) is 9.59 Å². The predicted octanol–water partition coefficient (Wildman–Crippen LogP) is 3.25. The van der Waals surface area contributed by atoms with Crippen molar-refractivity contribution in [2.75, 3.05) is 51.3 Å². The van der Waals surface area contributed by atoms with Gasteiger partial charge in [0.2, 0.25) is 0 Å². The molecular formula is C27H34N4O4. The van der Waals surface area contributed by atoms with Crippen LogP contribution in [0.15, 0.2) is 59.8 Å². The van der Waals surface area contributed by atoms with Gasteiger partial charge in [-0.3, -0.25) is 4.90 Å². The molecule has 8 nitrogen and oxygen atoms in total. The van der Waals surface area contributed by atoms with E-state index in [1.165, 1.54) is 5.56 Å².